The van der Waals surface area contributed by atoms with Gasteiger partial charge in [0, 0.05) is 18.7 Å². The predicted molar refractivity (Wildman–Crippen MR) is 75.5 cm³/mol. The van der Waals surface area contributed by atoms with E-state index < -0.39 is 16.6 Å². The fraction of sp³-hybridized carbons (Fsp3) is 0.133. The van der Waals surface area contributed by atoms with Gasteiger partial charge in [-0.05, 0) is 18.1 Å². The minimum absolute atomic E-state index is 0.315. The molecule has 108 valence electrons. The van der Waals surface area contributed by atoms with Gasteiger partial charge in [0.15, 0.2) is 0 Å². The maximum atomic E-state index is 13.6. The van der Waals surface area contributed by atoms with E-state index in [2.05, 4.69) is 5.32 Å². The average Bonchev–Trinajstić information content (AvgIpc) is 2.48. The van der Waals surface area contributed by atoms with Crippen LogP contribution in [-0.2, 0) is 6.42 Å². The van der Waals surface area contributed by atoms with Gasteiger partial charge in [-0.3, -0.25) is 14.9 Å². The van der Waals surface area contributed by atoms with Crippen LogP contribution in [0, 0.1) is 15.9 Å². The fourth-order valence-corrected chi connectivity index (χ4v) is 1.86. The van der Waals surface area contributed by atoms with Crippen LogP contribution in [0.25, 0.3) is 0 Å². The number of nitro benzene ring substituents is 1. The lowest BCUT2D eigenvalue weighted by Crippen LogP contribution is -2.26. The van der Waals surface area contributed by atoms with E-state index >= 15 is 0 Å². The fourth-order valence-electron chi connectivity index (χ4n) is 1.86. The van der Waals surface area contributed by atoms with Crippen LogP contribution in [-0.4, -0.2) is 17.4 Å². The lowest BCUT2D eigenvalue weighted by Gasteiger charge is -2.06. The molecule has 0 unspecified atom stereocenters. The van der Waals surface area contributed by atoms with Gasteiger partial charge in [0.1, 0.15) is 5.82 Å². The third-order valence-corrected chi connectivity index (χ3v) is 2.95. The van der Waals surface area contributed by atoms with E-state index in [1.165, 1.54) is 0 Å². The van der Waals surface area contributed by atoms with Crippen LogP contribution in [0.3, 0.4) is 0 Å². The SMILES string of the molecule is O=C(NCCc1ccccc1)c1cc([N+](=O)[O-])ccc1F. The van der Waals surface area contributed by atoms with Gasteiger partial charge in [-0.15, -0.1) is 0 Å². The molecule has 1 N–H and O–H groups in total. The van der Waals surface area contributed by atoms with Crippen molar-refractivity contribution in [3.63, 3.8) is 0 Å². The molecule has 1 amide bonds. The zero-order valence-electron chi connectivity index (χ0n) is 11.1. The highest BCUT2D eigenvalue weighted by Crippen LogP contribution is 2.16. The minimum atomic E-state index is -0.780. The number of nitro groups is 1. The number of carbonyl (C=O) groups excluding carboxylic acids is 1. The van der Waals surface area contributed by atoms with Crippen LogP contribution in [0.4, 0.5) is 10.1 Å². The molecule has 21 heavy (non-hydrogen) atoms. The van der Waals surface area contributed by atoms with Crippen LogP contribution in [0.1, 0.15) is 15.9 Å². The van der Waals surface area contributed by atoms with E-state index in [1.807, 2.05) is 30.3 Å². The van der Waals surface area contributed by atoms with Crippen LogP contribution in [0.15, 0.2) is 48.5 Å². The second-order valence-corrected chi connectivity index (χ2v) is 4.41. The second kappa shape index (κ2) is 6.60. The van der Waals surface area contributed by atoms with Crippen molar-refractivity contribution in [2.45, 2.75) is 6.42 Å². The summed E-state index contributed by atoms with van der Waals surface area (Å²) in [5, 5.41) is 13.2. The number of carbonyl (C=O) groups is 1. The Balaban J connectivity index is 2.00. The normalized spacial score (nSPS) is 10.1. The van der Waals surface area contributed by atoms with E-state index in [4.69, 9.17) is 0 Å². The average molecular weight is 288 g/mol. The Kier molecular flexibility index (Phi) is 4.61. The lowest BCUT2D eigenvalue weighted by molar-refractivity contribution is -0.384. The summed E-state index contributed by atoms with van der Waals surface area (Å²) in [4.78, 5) is 21.8. The molecule has 0 bridgehead atoms. The van der Waals surface area contributed by atoms with Crippen molar-refractivity contribution in [1.82, 2.24) is 5.32 Å². The standard InChI is InChI=1S/C15H13FN2O3/c16-14-7-6-12(18(20)21)10-13(14)15(19)17-9-8-11-4-2-1-3-5-11/h1-7,10H,8-9H2,(H,17,19). The molecule has 5 nitrogen and oxygen atoms in total. The summed E-state index contributed by atoms with van der Waals surface area (Å²) in [6.45, 7) is 0.324. The molecule has 2 aromatic rings. The van der Waals surface area contributed by atoms with Gasteiger partial charge in [0.25, 0.3) is 11.6 Å². The summed E-state index contributed by atoms with van der Waals surface area (Å²) >= 11 is 0. The van der Waals surface area contributed by atoms with E-state index in [0.717, 1.165) is 23.8 Å². The maximum absolute atomic E-state index is 13.6. The summed E-state index contributed by atoms with van der Waals surface area (Å²) in [5.41, 5.74) is 0.402. The Hall–Kier alpha value is -2.76. The van der Waals surface area contributed by atoms with Crippen molar-refractivity contribution in [3.8, 4) is 0 Å². The highest BCUT2D eigenvalue weighted by atomic mass is 19.1. The molecule has 0 fully saturated rings. The monoisotopic (exact) mass is 288 g/mol. The zero-order valence-corrected chi connectivity index (χ0v) is 11.1. The van der Waals surface area contributed by atoms with Crippen LogP contribution in [0.2, 0.25) is 0 Å². The summed E-state index contributed by atoms with van der Waals surface area (Å²) in [6.07, 6.45) is 0.600. The zero-order chi connectivity index (χ0) is 15.2. The lowest BCUT2D eigenvalue weighted by atomic mass is 10.1. The first-order valence-electron chi connectivity index (χ1n) is 6.34. The van der Waals surface area contributed by atoms with Crippen molar-refractivity contribution in [2.24, 2.45) is 0 Å². The molecule has 2 rings (SSSR count). The molecule has 0 spiro atoms. The molecule has 0 heterocycles. The third kappa shape index (κ3) is 3.85. The molecule has 0 aromatic heterocycles. The number of hydrogen-bond acceptors (Lipinski definition) is 3. The van der Waals surface area contributed by atoms with E-state index in [9.17, 15) is 19.3 Å². The molecule has 0 saturated carbocycles. The van der Waals surface area contributed by atoms with E-state index in [0.29, 0.717) is 13.0 Å². The van der Waals surface area contributed by atoms with Gasteiger partial charge in [-0.25, -0.2) is 4.39 Å². The molecule has 0 atom stereocenters. The van der Waals surface area contributed by atoms with Crippen LogP contribution >= 0.6 is 0 Å². The Labute approximate surface area is 120 Å². The molecule has 0 radical (unpaired) electrons. The number of nitrogens with one attached hydrogen (secondary N) is 1. The molecular weight excluding hydrogens is 275 g/mol. The Bertz CT molecular complexity index is 659. The number of halogens is 1. The number of benzene rings is 2. The first-order valence-corrected chi connectivity index (χ1v) is 6.34. The van der Waals surface area contributed by atoms with E-state index in [-0.39, 0.29) is 11.3 Å². The Morgan fingerprint density at radius 2 is 1.90 bits per heavy atom. The van der Waals surface area contributed by atoms with Crippen LogP contribution in [0.5, 0.6) is 0 Å². The van der Waals surface area contributed by atoms with Gasteiger partial charge in [0.05, 0.1) is 10.5 Å². The van der Waals surface area contributed by atoms with Gasteiger partial charge in [-0.2, -0.15) is 0 Å². The summed E-state index contributed by atoms with van der Waals surface area (Å²) < 4.78 is 13.6. The molecular formula is C15H13FN2O3. The molecule has 0 aliphatic heterocycles. The largest absolute Gasteiger partial charge is 0.352 e. The first kappa shape index (κ1) is 14.6. The Morgan fingerprint density at radius 3 is 2.57 bits per heavy atom. The van der Waals surface area contributed by atoms with Gasteiger partial charge in [-0.1, -0.05) is 30.3 Å². The maximum Gasteiger partial charge on any atom is 0.270 e. The molecule has 0 saturated heterocycles. The molecule has 2 aromatic carbocycles. The quantitative estimate of drug-likeness (QED) is 0.679. The molecule has 6 heteroatoms. The van der Waals surface area contributed by atoms with Gasteiger partial charge >= 0.3 is 0 Å². The van der Waals surface area contributed by atoms with Crippen molar-refractivity contribution in [1.29, 1.82) is 0 Å². The summed E-state index contributed by atoms with van der Waals surface area (Å²) in [7, 11) is 0. The Morgan fingerprint density at radius 1 is 1.19 bits per heavy atom. The molecule has 0 aliphatic rings. The smallest absolute Gasteiger partial charge is 0.270 e. The van der Waals surface area contributed by atoms with Crippen LogP contribution < -0.4 is 5.32 Å². The number of non-ortho nitro benzene ring substituents is 1. The van der Waals surface area contributed by atoms with Crippen molar-refractivity contribution >= 4 is 11.6 Å². The van der Waals surface area contributed by atoms with E-state index in [1.54, 1.807) is 0 Å². The minimum Gasteiger partial charge on any atom is -0.352 e. The predicted octanol–water partition coefficient (Wildman–Crippen LogP) is 2.71. The van der Waals surface area contributed by atoms with Crippen molar-refractivity contribution in [2.75, 3.05) is 6.54 Å². The summed E-state index contributed by atoms with van der Waals surface area (Å²) in [6, 6.07) is 12.4. The number of amides is 1. The van der Waals surface area contributed by atoms with Gasteiger partial charge < -0.3 is 5.32 Å². The third-order valence-electron chi connectivity index (χ3n) is 2.95. The van der Waals surface area contributed by atoms with Crippen molar-refractivity contribution < 1.29 is 14.1 Å². The highest BCUT2D eigenvalue weighted by Gasteiger charge is 2.16. The second-order valence-electron chi connectivity index (χ2n) is 4.41. The number of rotatable bonds is 5. The first-order chi connectivity index (χ1) is 10.1. The topological polar surface area (TPSA) is 72.2 Å². The number of hydrogen-bond donors (Lipinski definition) is 1. The molecule has 0 aliphatic carbocycles. The number of nitrogens with zero attached hydrogens (tertiary/aromatic N) is 1. The summed E-state index contributed by atoms with van der Waals surface area (Å²) in [5.74, 6) is -1.44. The highest BCUT2D eigenvalue weighted by molar-refractivity contribution is 5.95. The van der Waals surface area contributed by atoms with Crippen molar-refractivity contribution in [3.05, 3.63) is 75.6 Å². The van der Waals surface area contributed by atoms with Gasteiger partial charge in [0.2, 0.25) is 0 Å².